The molecule has 0 aliphatic carbocycles. The third kappa shape index (κ3) is 5.28. The molecule has 0 unspecified atom stereocenters. The Morgan fingerprint density at radius 2 is 2.14 bits per heavy atom. The van der Waals surface area contributed by atoms with Gasteiger partial charge in [0.1, 0.15) is 12.4 Å². The van der Waals surface area contributed by atoms with Crippen molar-refractivity contribution in [3.63, 3.8) is 0 Å². The van der Waals surface area contributed by atoms with Crippen LogP contribution in [-0.2, 0) is 17.9 Å². The number of aryl methyl sites for hydroxylation is 1. The summed E-state index contributed by atoms with van der Waals surface area (Å²) < 4.78 is 11.7. The van der Waals surface area contributed by atoms with Gasteiger partial charge in [0, 0.05) is 30.8 Å². The van der Waals surface area contributed by atoms with Gasteiger partial charge in [0.05, 0.1) is 16.6 Å². The second-order valence-electron chi connectivity index (χ2n) is 4.56. The van der Waals surface area contributed by atoms with Crippen LogP contribution in [0.4, 0.5) is 0 Å². The predicted molar refractivity (Wildman–Crippen MR) is 86.2 cm³/mol. The quantitative estimate of drug-likeness (QED) is 0.755. The molecule has 0 amide bonds. The van der Waals surface area contributed by atoms with Crippen molar-refractivity contribution in [2.45, 2.75) is 20.1 Å². The predicted octanol–water partition coefficient (Wildman–Crippen LogP) is 3.42. The van der Waals surface area contributed by atoms with Gasteiger partial charge in [-0.1, -0.05) is 11.6 Å². The number of hydrogen-bond donors (Lipinski definition) is 1. The molecule has 0 aliphatic heterocycles. The van der Waals surface area contributed by atoms with Crippen molar-refractivity contribution < 1.29 is 9.47 Å². The zero-order valence-corrected chi connectivity index (χ0v) is 13.8. The molecule has 0 spiro atoms. The summed E-state index contributed by atoms with van der Waals surface area (Å²) in [7, 11) is 1.69. The minimum Gasteiger partial charge on any atom is -0.486 e. The zero-order valence-electron chi connectivity index (χ0n) is 12.2. The molecule has 114 valence electrons. The van der Waals surface area contributed by atoms with Gasteiger partial charge in [-0.05, 0) is 31.2 Å². The molecule has 0 radical (unpaired) electrons. The number of halogens is 1. The van der Waals surface area contributed by atoms with E-state index in [0.717, 1.165) is 32.9 Å². The zero-order chi connectivity index (χ0) is 15.1. The van der Waals surface area contributed by atoms with Crippen LogP contribution in [0, 0.1) is 6.92 Å². The number of methoxy groups -OCH3 is 1. The number of hydrogen-bond acceptors (Lipinski definition) is 5. The number of nitrogens with zero attached hydrogens (tertiary/aromatic N) is 1. The first kappa shape index (κ1) is 16.2. The summed E-state index contributed by atoms with van der Waals surface area (Å²) in [5, 5.41) is 3.29. The molecule has 0 atom stereocenters. The van der Waals surface area contributed by atoms with Gasteiger partial charge in [-0.3, -0.25) is 4.98 Å². The molecule has 4 nitrogen and oxygen atoms in total. The van der Waals surface area contributed by atoms with Crippen LogP contribution in [0.2, 0.25) is 4.34 Å². The maximum absolute atomic E-state index is 5.92. The van der Waals surface area contributed by atoms with Crippen molar-refractivity contribution in [3.8, 4) is 5.75 Å². The highest BCUT2D eigenvalue weighted by Crippen LogP contribution is 2.24. The molecule has 21 heavy (non-hydrogen) atoms. The van der Waals surface area contributed by atoms with Crippen LogP contribution in [0.5, 0.6) is 5.75 Å². The van der Waals surface area contributed by atoms with Gasteiger partial charge in [0.15, 0.2) is 0 Å². The lowest BCUT2D eigenvalue weighted by Crippen LogP contribution is -2.20. The summed E-state index contributed by atoms with van der Waals surface area (Å²) in [6, 6.07) is 7.77. The first-order valence-electron chi connectivity index (χ1n) is 6.72. The maximum Gasteiger partial charge on any atom is 0.142 e. The van der Waals surface area contributed by atoms with Crippen LogP contribution >= 0.6 is 22.9 Å². The van der Waals surface area contributed by atoms with E-state index in [1.54, 1.807) is 7.11 Å². The number of aromatic nitrogens is 1. The van der Waals surface area contributed by atoms with E-state index in [4.69, 9.17) is 21.1 Å². The van der Waals surface area contributed by atoms with E-state index >= 15 is 0 Å². The van der Waals surface area contributed by atoms with Crippen molar-refractivity contribution in [2.24, 2.45) is 0 Å². The molecular weight excluding hydrogens is 308 g/mol. The summed E-state index contributed by atoms with van der Waals surface area (Å²) >= 11 is 7.45. The lowest BCUT2D eigenvalue weighted by Gasteiger charge is -2.11. The smallest absolute Gasteiger partial charge is 0.142 e. The van der Waals surface area contributed by atoms with E-state index in [0.29, 0.717) is 19.8 Å². The third-order valence-corrected chi connectivity index (χ3v) is 4.05. The van der Waals surface area contributed by atoms with Crippen molar-refractivity contribution in [1.29, 1.82) is 0 Å². The SMILES string of the molecule is COCCNCc1nc(C)ccc1OCc1ccc(Cl)s1. The molecule has 0 fully saturated rings. The van der Waals surface area contributed by atoms with Gasteiger partial charge in [0.25, 0.3) is 0 Å². The Morgan fingerprint density at radius 3 is 2.86 bits per heavy atom. The monoisotopic (exact) mass is 326 g/mol. The molecule has 2 heterocycles. The number of nitrogens with one attached hydrogen (secondary N) is 1. The van der Waals surface area contributed by atoms with E-state index in [9.17, 15) is 0 Å². The molecule has 0 saturated heterocycles. The highest BCUT2D eigenvalue weighted by Gasteiger charge is 2.07. The fourth-order valence-corrected chi connectivity index (χ4v) is 2.82. The molecule has 0 aliphatic rings. The first-order valence-corrected chi connectivity index (χ1v) is 7.91. The lowest BCUT2D eigenvalue weighted by molar-refractivity contribution is 0.198. The van der Waals surface area contributed by atoms with Crippen LogP contribution in [0.25, 0.3) is 0 Å². The Bertz CT molecular complexity index is 575. The standard InChI is InChI=1S/C15H19ClN2O2S/c1-11-3-5-14(13(18-11)9-17-7-8-19-2)20-10-12-4-6-15(16)21-12/h3-6,17H,7-10H2,1-2H3. The molecule has 0 bridgehead atoms. The minimum atomic E-state index is 0.507. The van der Waals surface area contributed by atoms with Crippen LogP contribution in [-0.4, -0.2) is 25.2 Å². The van der Waals surface area contributed by atoms with Crippen molar-refractivity contribution in [1.82, 2.24) is 10.3 Å². The summed E-state index contributed by atoms with van der Waals surface area (Å²) in [4.78, 5) is 5.63. The van der Waals surface area contributed by atoms with Crippen LogP contribution in [0.15, 0.2) is 24.3 Å². The average molecular weight is 327 g/mol. The largest absolute Gasteiger partial charge is 0.486 e. The molecular formula is C15H19ClN2O2S. The topological polar surface area (TPSA) is 43.4 Å². The number of ether oxygens (including phenoxy) is 2. The Kier molecular flexibility index (Phi) is 6.45. The third-order valence-electron chi connectivity index (χ3n) is 2.85. The normalized spacial score (nSPS) is 10.8. The second-order valence-corrected chi connectivity index (χ2v) is 6.36. The summed E-state index contributed by atoms with van der Waals surface area (Å²) in [6.45, 7) is 4.60. The fraction of sp³-hybridized carbons (Fsp3) is 0.400. The van der Waals surface area contributed by atoms with Crippen LogP contribution < -0.4 is 10.1 Å². The van der Waals surface area contributed by atoms with E-state index in [-0.39, 0.29) is 0 Å². The summed E-state index contributed by atoms with van der Waals surface area (Å²) in [5.41, 5.74) is 1.89. The lowest BCUT2D eigenvalue weighted by atomic mass is 10.3. The van der Waals surface area contributed by atoms with E-state index in [2.05, 4.69) is 10.3 Å². The molecule has 1 N–H and O–H groups in total. The Hall–Kier alpha value is -1.14. The van der Waals surface area contributed by atoms with E-state index in [1.165, 1.54) is 11.3 Å². The number of thiophene rings is 1. The van der Waals surface area contributed by atoms with Crippen molar-refractivity contribution in [2.75, 3.05) is 20.3 Å². The van der Waals surface area contributed by atoms with Gasteiger partial charge in [0.2, 0.25) is 0 Å². The van der Waals surface area contributed by atoms with Crippen molar-refractivity contribution in [3.05, 3.63) is 44.9 Å². The van der Waals surface area contributed by atoms with Crippen molar-refractivity contribution >= 4 is 22.9 Å². The molecule has 2 rings (SSSR count). The van der Waals surface area contributed by atoms with Gasteiger partial charge < -0.3 is 14.8 Å². The molecule has 2 aromatic heterocycles. The first-order chi connectivity index (χ1) is 10.2. The Morgan fingerprint density at radius 1 is 1.29 bits per heavy atom. The average Bonchev–Trinajstić information content (AvgIpc) is 2.88. The highest BCUT2D eigenvalue weighted by atomic mass is 35.5. The molecule has 0 aromatic carbocycles. The van der Waals surface area contributed by atoms with Gasteiger partial charge >= 0.3 is 0 Å². The Labute approximate surface area is 134 Å². The van der Waals surface area contributed by atoms with Gasteiger partial charge in [-0.15, -0.1) is 11.3 Å². The molecule has 0 saturated carbocycles. The maximum atomic E-state index is 5.92. The number of pyridine rings is 1. The van der Waals surface area contributed by atoms with Gasteiger partial charge in [-0.2, -0.15) is 0 Å². The summed E-state index contributed by atoms with van der Waals surface area (Å²) in [6.07, 6.45) is 0. The molecule has 6 heteroatoms. The van der Waals surface area contributed by atoms with E-state index < -0.39 is 0 Å². The van der Waals surface area contributed by atoms with Crippen LogP contribution in [0.3, 0.4) is 0 Å². The van der Waals surface area contributed by atoms with E-state index in [1.807, 2.05) is 31.2 Å². The Balaban J connectivity index is 1.97. The van der Waals surface area contributed by atoms with Crippen LogP contribution in [0.1, 0.15) is 16.3 Å². The summed E-state index contributed by atoms with van der Waals surface area (Å²) in [5.74, 6) is 0.801. The highest BCUT2D eigenvalue weighted by molar-refractivity contribution is 7.16. The van der Waals surface area contributed by atoms with Gasteiger partial charge in [-0.25, -0.2) is 0 Å². The molecule has 2 aromatic rings. The number of rotatable bonds is 8. The fourth-order valence-electron chi connectivity index (χ4n) is 1.82. The minimum absolute atomic E-state index is 0.507. The second kappa shape index (κ2) is 8.34.